The van der Waals surface area contributed by atoms with Gasteiger partial charge in [0.1, 0.15) is 0 Å². The van der Waals surface area contributed by atoms with Crippen LogP contribution in [-0.4, -0.2) is 10.2 Å². The van der Waals surface area contributed by atoms with E-state index in [2.05, 4.69) is 158 Å². The fourth-order valence-electron chi connectivity index (χ4n) is 5.10. The summed E-state index contributed by atoms with van der Waals surface area (Å²) in [6.45, 7) is 4.30. The summed E-state index contributed by atoms with van der Waals surface area (Å²) < 4.78 is 19.6. The van der Waals surface area contributed by atoms with Crippen LogP contribution in [0.15, 0.2) is 152 Å². The zero-order valence-corrected chi connectivity index (χ0v) is 27.9. The molecular formula is C39H33F2SiZr. The van der Waals surface area contributed by atoms with Crippen molar-refractivity contribution in [3.63, 3.8) is 0 Å². The van der Waals surface area contributed by atoms with Gasteiger partial charge in [-0.3, -0.25) is 0 Å². The van der Waals surface area contributed by atoms with E-state index in [0.29, 0.717) is 0 Å². The van der Waals surface area contributed by atoms with Gasteiger partial charge in [-0.05, 0) is 17.2 Å². The summed E-state index contributed by atoms with van der Waals surface area (Å²) in [5, 5.41) is 5.37. The van der Waals surface area contributed by atoms with Crippen LogP contribution < -0.4 is 0 Å². The Balaban J connectivity index is 0.000000148. The number of halogens is 2. The van der Waals surface area contributed by atoms with Crippen molar-refractivity contribution in [2.45, 2.75) is 19.9 Å². The van der Waals surface area contributed by atoms with E-state index < -0.39 is 24.5 Å². The number of benzene rings is 5. The molecule has 0 aliphatic rings. The van der Waals surface area contributed by atoms with Crippen LogP contribution in [0.25, 0.3) is 43.8 Å². The minimum Gasteiger partial charge on any atom is -0.0622 e. The molecule has 0 spiro atoms. The van der Waals surface area contributed by atoms with Gasteiger partial charge in [-0.2, -0.15) is 12.1 Å². The maximum absolute atomic E-state index is 9.80. The van der Waals surface area contributed by atoms with Gasteiger partial charge in [-0.25, -0.2) is 0 Å². The molecule has 0 amide bonds. The Morgan fingerprint density at radius 1 is 0.535 bits per heavy atom. The second-order valence-electron chi connectivity index (χ2n) is 10.1. The van der Waals surface area contributed by atoms with Gasteiger partial charge >= 0.3 is 29.7 Å². The molecule has 211 valence electrons. The third-order valence-corrected chi connectivity index (χ3v) is 7.41. The Hall–Kier alpha value is -3.72. The molecule has 0 saturated heterocycles. The Kier molecular flexibility index (Phi) is 12.6. The molecule has 43 heavy (non-hydrogen) atoms. The summed E-state index contributed by atoms with van der Waals surface area (Å²) in [5.74, 6) is 0. The fraction of sp³-hybridized carbons (Fsp3) is 0.0769. The van der Waals surface area contributed by atoms with E-state index in [1.54, 1.807) is 0 Å². The van der Waals surface area contributed by atoms with Crippen molar-refractivity contribution in [1.82, 2.24) is 0 Å². The SMILES string of the molecule is Cc1cc2c(-c3ccccc3)cccc2[cH-]1.Cc1cc2c(-c3ccccc3)cccc2[cH-]1.[F][Zr+2][F].[Si]Cc1ccccc1. The molecule has 0 aliphatic carbocycles. The van der Waals surface area contributed by atoms with Crippen LogP contribution in [0.2, 0.25) is 0 Å². The first-order chi connectivity index (χ1) is 21.0. The topological polar surface area (TPSA) is 0 Å². The number of rotatable bonds is 3. The molecule has 7 rings (SSSR count). The molecule has 0 aromatic heterocycles. The second kappa shape index (κ2) is 16.8. The first-order valence-corrected chi connectivity index (χ1v) is 16.7. The summed E-state index contributed by atoms with van der Waals surface area (Å²) in [5.41, 5.74) is 9.22. The van der Waals surface area contributed by atoms with E-state index in [4.69, 9.17) is 0 Å². The van der Waals surface area contributed by atoms with Crippen molar-refractivity contribution < 1.29 is 29.7 Å². The first-order valence-electron chi connectivity index (χ1n) is 14.1. The first kappa shape index (κ1) is 32.2. The molecule has 0 atom stereocenters. The van der Waals surface area contributed by atoms with Crippen LogP contribution in [0, 0.1) is 13.8 Å². The largest absolute Gasteiger partial charge is 0.0622 e. The summed E-state index contributed by atoms with van der Waals surface area (Å²) in [7, 11) is 3.40. The van der Waals surface area contributed by atoms with E-state index in [9.17, 15) is 5.25 Å². The normalized spacial score (nSPS) is 9.98. The van der Waals surface area contributed by atoms with Crippen LogP contribution in [0.4, 0.5) is 5.25 Å². The van der Waals surface area contributed by atoms with Gasteiger partial charge in [0, 0.05) is 10.2 Å². The molecule has 0 nitrogen and oxygen atoms in total. The van der Waals surface area contributed by atoms with Crippen molar-refractivity contribution >= 4 is 31.8 Å². The van der Waals surface area contributed by atoms with Crippen molar-refractivity contribution in [3.8, 4) is 22.3 Å². The van der Waals surface area contributed by atoms with Crippen LogP contribution in [0.1, 0.15) is 16.7 Å². The number of hydrogen-bond donors (Lipinski definition) is 0. The molecule has 0 fully saturated rings. The molecule has 0 saturated carbocycles. The molecule has 7 aromatic rings. The standard InChI is InChI=1S/2C16H13.C7H7Si.2FH.Zr/c2*1-12-10-14-8-5-9-15(16(14)11-12)13-6-3-2-4-7-13;8-6-7-4-2-1-3-5-7;;;/h2*2-11H,1H3;1-5H,6H2;2*1H;/q2*-1;;;;+4/p-2. The van der Waals surface area contributed by atoms with E-state index in [0.717, 1.165) is 6.04 Å². The summed E-state index contributed by atoms with van der Waals surface area (Å²) >= 11 is -2.77. The second-order valence-corrected chi connectivity index (χ2v) is 10.9. The van der Waals surface area contributed by atoms with Crippen LogP contribution in [0.3, 0.4) is 0 Å². The molecular weight excluding hydrogens is 626 g/mol. The van der Waals surface area contributed by atoms with Gasteiger partial charge in [0.15, 0.2) is 0 Å². The van der Waals surface area contributed by atoms with E-state index in [-0.39, 0.29) is 0 Å². The number of aryl methyl sites for hydroxylation is 2. The average molecular weight is 659 g/mol. The predicted molar refractivity (Wildman–Crippen MR) is 178 cm³/mol. The predicted octanol–water partition coefficient (Wildman–Crippen LogP) is 11.3. The van der Waals surface area contributed by atoms with Crippen LogP contribution in [-0.2, 0) is 30.5 Å². The van der Waals surface area contributed by atoms with E-state index >= 15 is 0 Å². The third-order valence-electron chi connectivity index (χ3n) is 7.01. The Labute approximate surface area is 270 Å². The molecule has 3 radical (unpaired) electrons. The van der Waals surface area contributed by atoms with Crippen LogP contribution >= 0.6 is 0 Å². The Bertz CT molecular complexity index is 1690. The van der Waals surface area contributed by atoms with Gasteiger partial charge < -0.3 is 0 Å². The maximum Gasteiger partial charge on any atom is 0.0283 e. The van der Waals surface area contributed by atoms with Gasteiger partial charge in [-0.1, -0.05) is 134 Å². The molecule has 7 aromatic carbocycles. The van der Waals surface area contributed by atoms with Gasteiger partial charge in [0.2, 0.25) is 0 Å². The summed E-state index contributed by atoms with van der Waals surface area (Å²) in [6.07, 6.45) is 0. The van der Waals surface area contributed by atoms with Crippen molar-refractivity contribution in [2.75, 3.05) is 0 Å². The molecule has 0 N–H and O–H groups in total. The Morgan fingerprint density at radius 2 is 0.907 bits per heavy atom. The third kappa shape index (κ3) is 9.13. The van der Waals surface area contributed by atoms with E-state index in [1.807, 2.05) is 18.2 Å². The number of hydrogen-bond acceptors (Lipinski definition) is 0. The maximum atomic E-state index is 9.80. The molecule has 0 bridgehead atoms. The summed E-state index contributed by atoms with van der Waals surface area (Å²) in [6, 6.07) is 54.3. The van der Waals surface area contributed by atoms with Crippen molar-refractivity contribution in [1.29, 1.82) is 0 Å². The minimum absolute atomic E-state index is 0.945. The fourth-order valence-corrected chi connectivity index (χ4v) is 5.34. The van der Waals surface area contributed by atoms with Gasteiger partial charge in [0.05, 0.1) is 0 Å². The summed E-state index contributed by atoms with van der Waals surface area (Å²) in [4.78, 5) is 0. The quantitative estimate of drug-likeness (QED) is 0.131. The van der Waals surface area contributed by atoms with E-state index in [1.165, 1.54) is 60.5 Å². The van der Waals surface area contributed by atoms with Gasteiger partial charge in [-0.15, -0.1) is 69.1 Å². The molecule has 0 heterocycles. The molecule has 0 unspecified atom stereocenters. The smallest absolute Gasteiger partial charge is 0.0283 e. The van der Waals surface area contributed by atoms with Gasteiger partial charge in [0.25, 0.3) is 0 Å². The van der Waals surface area contributed by atoms with Crippen molar-refractivity contribution in [2.24, 2.45) is 0 Å². The molecule has 0 aliphatic heterocycles. The zero-order chi connectivity index (χ0) is 30.4. The molecule has 4 heteroatoms. The zero-order valence-electron chi connectivity index (χ0n) is 24.4. The monoisotopic (exact) mass is 657 g/mol. The Morgan fingerprint density at radius 3 is 1.26 bits per heavy atom. The minimum atomic E-state index is -2.77. The van der Waals surface area contributed by atoms with Crippen molar-refractivity contribution in [3.05, 3.63) is 168 Å². The number of fused-ring (bicyclic) bond motifs is 2. The van der Waals surface area contributed by atoms with Crippen LogP contribution in [0.5, 0.6) is 0 Å². The average Bonchev–Trinajstić information content (AvgIpc) is 3.64.